The molecule has 4 nitrogen and oxygen atoms in total. The number of hydrogen-bond donors (Lipinski definition) is 1. The van der Waals surface area contributed by atoms with Crippen molar-refractivity contribution in [3.8, 4) is 11.1 Å². The molecule has 1 aromatic carbocycles. The molecule has 1 heterocycles. The molecular formula is C16H16ClNO3S. The molecule has 6 heteroatoms. The van der Waals surface area contributed by atoms with Gasteiger partial charge in [0.05, 0.1) is 7.11 Å². The fourth-order valence-corrected chi connectivity index (χ4v) is 3.08. The number of anilines is 1. The van der Waals surface area contributed by atoms with Gasteiger partial charge in [0.2, 0.25) is 5.91 Å². The standard InChI is InChI=1S/C16H16ClNO3S/c1-9-4-5-11(6-10(9)2)12-8-22-15(18-13(19)7-17)14(12)16(20)21-3/h4-6,8H,7H2,1-3H3,(H,18,19). The zero-order valence-electron chi connectivity index (χ0n) is 12.5. The molecule has 0 aliphatic rings. The number of rotatable bonds is 4. The summed E-state index contributed by atoms with van der Waals surface area (Å²) >= 11 is 6.78. The molecule has 0 unspecified atom stereocenters. The lowest BCUT2D eigenvalue weighted by molar-refractivity contribution is -0.113. The van der Waals surface area contributed by atoms with Crippen LogP contribution in [-0.2, 0) is 9.53 Å². The zero-order valence-corrected chi connectivity index (χ0v) is 14.1. The largest absolute Gasteiger partial charge is 0.465 e. The fraction of sp³-hybridized carbons (Fsp3) is 0.250. The van der Waals surface area contributed by atoms with E-state index in [-0.39, 0.29) is 11.8 Å². The Balaban J connectivity index is 2.53. The lowest BCUT2D eigenvalue weighted by atomic mass is 9.99. The first-order chi connectivity index (χ1) is 10.5. The summed E-state index contributed by atoms with van der Waals surface area (Å²) < 4.78 is 4.85. The molecule has 0 fully saturated rings. The zero-order chi connectivity index (χ0) is 16.3. The average molecular weight is 338 g/mol. The molecule has 1 amide bonds. The maximum atomic E-state index is 12.1. The number of halogens is 1. The van der Waals surface area contributed by atoms with E-state index in [4.69, 9.17) is 16.3 Å². The van der Waals surface area contributed by atoms with Gasteiger partial charge in [-0.15, -0.1) is 22.9 Å². The molecule has 2 aromatic rings. The Morgan fingerprint density at radius 2 is 2.00 bits per heavy atom. The Hall–Kier alpha value is -1.85. The van der Waals surface area contributed by atoms with E-state index < -0.39 is 5.97 Å². The lowest BCUT2D eigenvalue weighted by Crippen LogP contribution is -2.14. The van der Waals surface area contributed by atoms with E-state index >= 15 is 0 Å². The number of carbonyl (C=O) groups is 2. The van der Waals surface area contributed by atoms with Crippen LogP contribution in [0.1, 0.15) is 21.5 Å². The van der Waals surface area contributed by atoms with Crippen LogP contribution in [0.3, 0.4) is 0 Å². The Morgan fingerprint density at radius 3 is 2.59 bits per heavy atom. The number of carbonyl (C=O) groups excluding carboxylic acids is 2. The summed E-state index contributed by atoms with van der Waals surface area (Å²) in [5.41, 5.74) is 4.31. The van der Waals surface area contributed by atoms with Crippen molar-refractivity contribution >= 4 is 39.8 Å². The highest BCUT2D eigenvalue weighted by Gasteiger charge is 2.22. The molecule has 22 heavy (non-hydrogen) atoms. The molecule has 0 saturated heterocycles. The van der Waals surface area contributed by atoms with E-state index in [0.717, 1.165) is 16.7 Å². The number of thiophene rings is 1. The Bertz CT molecular complexity index is 724. The fourth-order valence-electron chi connectivity index (χ4n) is 2.04. The van der Waals surface area contributed by atoms with Crippen molar-refractivity contribution in [1.29, 1.82) is 0 Å². The number of alkyl halides is 1. The van der Waals surface area contributed by atoms with Crippen LogP contribution in [0.4, 0.5) is 5.00 Å². The van der Waals surface area contributed by atoms with Crippen LogP contribution in [0.25, 0.3) is 11.1 Å². The van der Waals surface area contributed by atoms with E-state index in [1.54, 1.807) is 0 Å². The van der Waals surface area contributed by atoms with Gasteiger partial charge in [-0.3, -0.25) is 4.79 Å². The summed E-state index contributed by atoms with van der Waals surface area (Å²) in [6.07, 6.45) is 0. The number of amides is 1. The van der Waals surface area contributed by atoms with Crippen molar-refractivity contribution in [3.63, 3.8) is 0 Å². The van der Waals surface area contributed by atoms with Crippen LogP contribution in [0.15, 0.2) is 23.6 Å². The summed E-state index contributed by atoms with van der Waals surface area (Å²) in [4.78, 5) is 23.6. The van der Waals surface area contributed by atoms with Crippen molar-refractivity contribution in [2.45, 2.75) is 13.8 Å². The first-order valence-electron chi connectivity index (χ1n) is 6.61. The molecule has 0 bridgehead atoms. The van der Waals surface area contributed by atoms with Crippen LogP contribution in [0.2, 0.25) is 0 Å². The van der Waals surface area contributed by atoms with Gasteiger partial charge in [0.15, 0.2) is 0 Å². The number of nitrogens with one attached hydrogen (secondary N) is 1. The molecule has 1 N–H and O–H groups in total. The summed E-state index contributed by atoms with van der Waals surface area (Å²) in [5.74, 6) is -1.02. The van der Waals surface area contributed by atoms with E-state index in [2.05, 4.69) is 5.32 Å². The number of methoxy groups -OCH3 is 1. The number of ether oxygens (including phenoxy) is 1. The van der Waals surface area contributed by atoms with Crippen molar-refractivity contribution < 1.29 is 14.3 Å². The highest BCUT2D eigenvalue weighted by atomic mass is 35.5. The van der Waals surface area contributed by atoms with Gasteiger partial charge in [0.25, 0.3) is 0 Å². The molecule has 116 valence electrons. The predicted octanol–water partition coefficient (Wildman–Crippen LogP) is 4.00. The van der Waals surface area contributed by atoms with Crippen LogP contribution < -0.4 is 5.32 Å². The minimum atomic E-state index is -0.487. The Morgan fingerprint density at radius 1 is 1.27 bits per heavy atom. The molecule has 0 radical (unpaired) electrons. The van der Waals surface area contributed by atoms with Gasteiger partial charge in [-0.1, -0.05) is 18.2 Å². The van der Waals surface area contributed by atoms with Gasteiger partial charge in [-0.25, -0.2) is 4.79 Å². The Kier molecular flexibility index (Phi) is 5.21. The quantitative estimate of drug-likeness (QED) is 0.677. The van der Waals surface area contributed by atoms with Gasteiger partial charge >= 0.3 is 5.97 Å². The third kappa shape index (κ3) is 3.31. The van der Waals surface area contributed by atoms with Crippen LogP contribution in [-0.4, -0.2) is 24.9 Å². The van der Waals surface area contributed by atoms with Crippen molar-refractivity contribution in [2.24, 2.45) is 0 Å². The van der Waals surface area contributed by atoms with Gasteiger partial charge < -0.3 is 10.1 Å². The van der Waals surface area contributed by atoms with E-state index in [1.165, 1.54) is 24.0 Å². The average Bonchev–Trinajstić information content (AvgIpc) is 2.92. The number of esters is 1. The minimum absolute atomic E-state index is 0.169. The normalized spacial score (nSPS) is 10.4. The molecule has 0 atom stereocenters. The van der Waals surface area contributed by atoms with Crippen molar-refractivity contribution in [3.05, 3.63) is 40.3 Å². The summed E-state index contributed by atoms with van der Waals surface area (Å²) in [6.45, 7) is 4.04. The van der Waals surface area contributed by atoms with E-state index in [0.29, 0.717) is 10.6 Å². The highest BCUT2D eigenvalue weighted by Crippen LogP contribution is 2.36. The van der Waals surface area contributed by atoms with Crippen LogP contribution >= 0.6 is 22.9 Å². The second-order valence-electron chi connectivity index (χ2n) is 4.83. The SMILES string of the molecule is COC(=O)c1c(-c2ccc(C)c(C)c2)csc1NC(=O)CCl. The maximum Gasteiger partial charge on any atom is 0.341 e. The highest BCUT2D eigenvalue weighted by molar-refractivity contribution is 7.15. The summed E-state index contributed by atoms with van der Waals surface area (Å²) in [7, 11) is 1.32. The van der Waals surface area contributed by atoms with Crippen molar-refractivity contribution in [2.75, 3.05) is 18.3 Å². The Labute approximate surface area is 138 Å². The van der Waals surface area contributed by atoms with Crippen LogP contribution in [0.5, 0.6) is 0 Å². The summed E-state index contributed by atoms with van der Waals surface area (Å²) in [6, 6.07) is 5.96. The van der Waals surface area contributed by atoms with Crippen LogP contribution in [0, 0.1) is 13.8 Å². The van der Waals surface area contributed by atoms with E-state index in [1.807, 2.05) is 37.4 Å². The molecule has 0 spiro atoms. The molecule has 1 aromatic heterocycles. The minimum Gasteiger partial charge on any atom is -0.465 e. The van der Waals surface area contributed by atoms with Gasteiger partial charge in [-0.05, 0) is 30.5 Å². The second kappa shape index (κ2) is 6.94. The lowest BCUT2D eigenvalue weighted by Gasteiger charge is -2.08. The molecule has 0 aliphatic heterocycles. The van der Waals surface area contributed by atoms with Gasteiger partial charge in [0.1, 0.15) is 16.4 Å². The van der Waals surface area contributed by atoms with E-state index in [9.17, 15) is 9.59 Å². The second-order valence-corrected chi connectivity index (χ2v) is 5.97. The van der Waals surface area contributed by atoms with Crippen molar-refractivity contribution in [1.82, 2.24) is 0 Å². The molecular weight excluding hydrogens is 322 g/mol. The summed E-state index contributed by atoms with van der Waals surface area (Å²) in [5, 5.41) is 4.92. The number of aryl methyl sites for hydroxylation is 2. The van der Waals surface area contributed by atoms with Gasteiger partial charge in [-0.2, -0.15) is 0 Å². The first-order valence-corrected chi connectivity index (χ1v) is 8.02. The number of hydrogen-bond acceptors (Lipinski definition) is 4. The third-order valence-corrected chi connectivity index (χ3v) is 4.51. The number of benzene rings is 1. The predicted molar refractivity (Wildman–Crippen MR) is 89.9 cm³/mol. The molecule has 2 rings (SSSR count). The maximum absolute atomic E-state index is 12.1. The topological polar surface area (TPSA) is 55.4 Å². The smallest absolute Gasteiger partial charge is 0.341 e. The van der Waals surface area contributed by atoms with Gasteiger partial charge in [0, 0.05) is 10.9 Å². The monoisotopic (exact) mass is 337 g/mol. The third-order valence-electron chi connectivity index (χ3n) is 3.37. The first kappa shape index (κ1) is 16.5. The molecule has 0 saturated carbocycles. The molecule has 0 aliphatic carbocycles.